The maximum Gasteiger partial charge on any atom is 0.223 e. The first kappa shape index (κ1) is 15.9. The van der Waals surface area contributed by atoms with Crippen molar-refractivity contribution in [1.82, 2.24) is 14.8 Å². The maximum absolute atomic E-state index is 12.5. The van der Waals surface area contributed by atoms with E-state index in [9.17, 15) is 4.79 Å². The minimum absolute atomic E-state index is 0.113. The van der Waals surface area contributed by atoms with Crippen LogP contribution in [0.1, 0.15) is 38.5 Å². The molecule has 3 aliphatic heterocycles. The Kier molecular flexibility index (Phi) is 4.44. The minimum Gasteiger partial charge on any atom is -0.356 e. The Morgan fingerprint density at radius 1 is 1.00 bits per heavy atom. The van der Waals surface area contributed by atoms with Gasteiger partial charge in [0.25, 0.3) is 0 Å². The molecule has 0 aliphatic carbocycles. The molecule has 0 aromatic carbocycles. The lowest BCUT2D eigenvalue weighted by molar-refractivity contribution is -0.132. The zero-order valence-corrected chi connectivity index (χ0v) is 14.5. The lowest BCUT2D eigenvalue weighted by Crippen LogP contribution is -2.54. The van der Waals surface area contributed by atoms with Gasteiger partial charge in [0.05, 0.1) is 0 Å². The number of hydrogen-bond donors (Lipinski definition) is 0. The van der Waals surface area contributed by atoms with Gasteiger partial charge in [0.2, 0.25) is 5.91 Å². The van der Waals surface area contributed by atoms with Crippen LogP contribution in [0.25, 0.3) is 0 Å². The van der Waals surface area contributed by atoms with Crippen LogP contribution in [0.3, 0.4) is 0 Å². The second kappa shape index (κ2) is 6.71. The smallest absolute Gasteiger partial charge is 0.223 e. The van der Waals surface area contributed by atoms with Gasteiger partial charge in [-0.2, -0.15) is 0 Å². The van der Waals surface area contributed by atoms with Gasteiger partial charge in [-0.25, -0.2) is 4.98 Å². The molecule has 3 saturated heterocycles. The summed E-state index contributed by atoms with van der Waals surface area (Å²) in [5.41, 5.74) is 0.113. The van der Waals surface area contributed by atoms with E-state index < -0.39 is 0 Å². The SMILES string of the molecule is O=C1CCC2(CCN(c3ccccn3)CC2)N1CCN1CCCC1. The third kappa shape index (κ3) is 3.02. The zero-order chi connectivity index (χ0) is 16.4. The minimum atomic E-state index is 0.113. The predicted octanol–water partition coefficient (Wildman–Crippen LogP) is 2.14. The van der Waals surface area contributed by atoms with Crippen molar-refractivity contribution in [2.45, 2.75) is 44.1 Å². The molecule has 0 unspecified atom stereocenters. The summed E-state index contributed by atoms with van der Waals surface area (Å²) in [5.74, 6) is 1.45. The highest BCUT2D eigenvalue weighted by molar-refractivity contribution is 5.79. The topological polar surface area (TPSA) is 39.7 Å². The average molecular weight is 328 g/mol. The van der Waals surface area contributed by atoms with Crippen molar-refractivity contribution >= 4 is 11.7 Å². The quantitative estimate of drug-likeness (QED) is 0.849. The number of rotatable bonds is 4. The number of likely N-dealkylation sites (tertiary alicyclic amines) is 2. The monoisotopic (exact) mass is 328 g/mol. The van der Waals surface area contributed by atoms with Crippen LogP contribution in [0.15, 0.2) is 24.4 Å². The number of amides is 1. The van der Waals surface area contributed by atoms with Crippen molar-refractivity contribution in [3.05, 3.63) is 24.4 Å². The van der Waals surface area contributed by atoms with Crippen LogP contribution in [-0.4, -0.2) is 65.5 Å². The van der Waals surface area contributed by atoms with Crippen molar-refractivity contribution in [2.24, 2.45) is 0 Å². The largest absolute Gasteiger partial charge is 0.356 e. The van der Waals surface area contributed by atoms with Gasteiger partial charge in [0.15, 0.2) is 0 Å². The molecule has 130 valence electrons. The summed E-state index contributed by atoms with van der Waals surface area (Å²) in [6, 6.07) is 6.10. The normalized spacial score (nSPS) is 24.2. The maximum atomic E-state index is 12.5. The molecule has 5 nitrogen and oxygen atoms in total. The number of anilines is 1. The van der Waals surface area contributed by atoms with Crippen molar-refractivity contribution in [3.63, 3.8) is 0 Å². The molecule has 0 atom stereocenters. The molecule has 24 heavy (non-hydrogen) atoms. The molecule has 3 aliphatic rings. The van der Waals surface area contributed by atoms with E-state index in [2.05, 4.69) is 25.8 Å². The Balaban J connectivity index is 1.39. The fourth-order valence-corrected chi connectivity index (χ4v) is 4.70. The fourth-order valence-electron chi connectivity index (χ4n) is 4.70. The highest BCUT2D eigenvalue weighted by atomic mass is 16.2. The van der Waals surface area contributed by atoms with E-state index in [0.29, 0.717) is 5.91 Å². The molecule has 1 aromatic rings. The molecule has 0 N–H and O–H groups in total. The van der Waals surface area contributed by atoms with Gasteiger partial charge in [-0.3, -0.25) is 4.79 Å². The van der Waals surface area contributed by atoms with Crippen LogP contribution in [-0.2, 0) is 4.79 Å². The van der Waals surface area contributed by atoms with Crippen LogP contribution in [0, 0.1) is 0 Å². The van der Waals surface area contributed by atoms with E-state index in [1.54, 1.807) is 0 Å². The fraction of sp³-hybridized carbons (Fsp3) is 0.684. The second-order valence-electron chi connectivity index (χ2n) is 7.49. The number of nitrogens with zero attached hydrogens (tertiary/aromatic N) is 4. The molecule has 4 rings (SSSR count). The summed E-state index contributed by atoms with van der Waals surface area (Å²) >= 11 is 0. The van der Waals surface area contributed by atoms with E-state index in [4.69, 9.17) is 0 Å². The van der Waals surface area contributed by atoms with Gasteiger partial charge in [-0.05, 0) is 57.3 Å². The number of hydrogen-bond acceptors (Lipinski definition) is 4. The third-order valence-electron chi connectivity index (χ3n) is 6.18. The first-order chi connectivity index (χ1) is 11.8. The van der Waals surface area contributed by atoms with Gasteiger partial charge in [0.1, 0.15) is 5.82 Å². The molecule has 4 heterocycles. The van der Waals surface area contributed by atoms with Crippen LogP contribution in [0.5, 0.6) is 0 Å². The van der Waals surface area contributed by atoms with Crippen LogP contribution in [0.4, 0.5) is 5.82 Å². The van der Waals surface area contributed by atoms with Crippen LogP contribution >= 0.6 is 0 Å². The highest BCUT2D eigenvalue weighted by Crippen LogP contribution is 2.39. The number of aromatic nitrogens is 1. The Bertz CT molecular complexity index is 562. The lowest BCUT2D eigenvalue weighted by atomic mass is 9.85. The number of piperidine rings is 1. The summed E-state index contributed by atoms with van der Waals surface area (Å²) in [5, 5.41) is 0. The van der Waals surface area contributed by atoms with E-state index in [1.165, 1.54) is 25.9 Å². The van der Waals surface area contributed by atoms with Crippen LogP contribution < -0.4 is 4.90 Å². The first-order valence-electron chi connectivity index (χ1n) is 9.46. The van der Waals surface area contributed by atoms with E-state index >= 15 is 0 Å². The number of carbonyl (C=O) groups is 1. The second-order valence-corrected chi connectivity index (χ2v) is 7.49. The molecular formula is C19H28N4O. The van der Waals surface area contributed by atoms with Gasteiger partial charge in [-0.1, -0.05) is 6.07 Å². The van der Waals surface area contributed by atoms with Gasteiger partial charge in [-0.15, -0.1) is 0 Å². The Morgan fingerprint density at radius 2 is 1.79 bits per heavy atom. The number of pyridine rings is 1. The lowest BCUT2D eigenvalue weighted by Gasteiger charge is -2.45. The summed E-state index contributed by atoms with van der Waals surface area (Å²) in [6.45, 7) is 6.40. The Labute approximate surface area is 144 Å². The molecule has 0 saturated carbocycles. The van der Waals surface area contributed by atoms with Crippen molar-refractivity contribution in [2.75, 3.05) is 44.2 Å². The molecule has 1 amide bonds. The first-order valence-corrected chi connectivity index (χ1v) is 9.46. The summed E-state index contributed by atoms with van der Waals surface area (Å²) in [7, 11) is 0. The number of carbonyl (C=O) groups excluding carboxylic acids is 1. The van der Waals surface area contributed by atoms with E-state index in [1.807, 2.05) is 18.3 Å². The third-order valence-corrected chi connectivity index (χ3v) is 6.18. The van der Waals surface area contributed by atoms with Crippen LogP contribution in [0.2, 0.25) is 0 Å². The standard InChI is InChI=1S/C19H28N4O/c24-18-6-7-19(23(18)16-15-21-11-3-4-12-21)8-13-22(14-9-19)17-5-1-2-10-20-17/h1-2,5,10H,3-4,6-9,11-16H2. The molecule has 3 fully saturated rings. The Hall–Kier alpha value is -1.62. The molecule has 5 heteroatoms. The van der Waals surface area contributed by atoms with Crippen molar-refractivity contribution in [1.29, 1.82) is 0 Å². The molecule has 1 aromatic heterocycles. The average Bonchev–Trinajstić information content (AvgIpc) is 3.24. The van der Waals surface area contributed by atoms with Crippen molar-refractivity contribution < 1.29 is 4.79 Å². The molecule has 0 radical (unpaired) electrons. The summed E-state index contributed by atoms with van der Waals surface area (Å²) < 4.78 is 0. The zero-order valence-electron chi connectivity index (χ0n) is 14.5. The molecule has 0 bridgehead atoms. The molecule has 1 spiro atoms. The highest BCUT2D eigenvalue weighted by Gasteiger charge is 2.46. The van der Waals surface area contributed by atoms with E-state index in [-0.39, 0.29) is 5.54 Å². The predicted molar refractivity (Wildman–Crippen MR) is 95.0 cm³/mol. The van der Waals surface area contributed by atoms with Gasteiger partial charge >= 0.3 is 0 Å². The van der Waals surface area contributed by atoms with Gasteiger partial charge in [0, 0.05) is 44.3 Å². The van der Waals surface area contributed by atoms with Gasteiger partial charge < -0.3 is 14.7 Å². The summed E-state index contributed by atoms with van der Waals surface area (Å²) in [6.07, 6.45) is 8.44. The summed E-state index contributed by atoms with van der Waals surface area (Å²) in [4.78, 5) is 24.1. The molecular weight excluding hydrogens is 300 g/mol. The Morgan fingerprint density at radius 3 is 2.50 bits per heavy atom. The van der Waals surface area contributed by atoms with Crippen molar-refractivity contribution in [3.8, 4) is 0 Å². The van der Waals surface area contributed by atoms with E-state index in [0.717, 1.165) is 57.7 Å².